The third-order valence-electron chi connectivity index (χ3n) is 2.67. The van der Waals surface area contributed by atoms with Crippen LogP contribution in [0.2, 0.25) is 0 Å². The molecule has 0 bridgehead atoms. The molecular formula is C16H17Cl2PTi-2. The molecular weight excluding hydrogens is 342 g/mol. The molecule has 3 rings (SSSR count). The van der Waals surface area contributed by atoms with Crippen LogP contribution >= 0.6 is 26.5 Å². The van der Waals surface area contributed by atoms with Gasteiger partial charge in [-0.2, -0.15) is 24.3 Å². The Bertz CT molecular complexity index is 523. The molecule has 20 heavy (non-hydrogen) atoms. The fourth-order valence-corrected chi connectivity index (χ4v) is 2.51. The quantitative estimate of drug-likeness (QED) is 0.297. The van der Waals surface area contributed by atoms with Crippen LogP contribution in [0.25, 0.3) is 10.8 Å². The SMILES string of the molecule is CP(C)c1cc2ccccc2[cH-]1.[Cl][Ti][Cl].c1cc[cH-]c1. The zero-order valence-corrected chi connectivity index (χ0v) is 15.5. The predicted molar refractivity (Wildman–Crippen MR) is 91.7 cm³/mol. The van der Waals surface area contributed by atoms with Crippen LogP contribution in [0.15, 0.2) is 66.7 Å². The number of rotatable bonds is 1. The topological polar surface area (TPSA) is 0 Å². The Hall–Kier alpha value is -0.0957. The van der Waals surface area contributed by atoms with Crippen LogP contribution in [0.4, 0.5) is 0 Å². The first-order valence-electron chi connectivity index (χ1n) is 6.14. The molecule has 0 saturated carbocycles. The minimum Gasteiger partial charge on any atom is -0.214 e. The van der Waals surface area contributed by atoms with E-state index in [-0.39, 0.29) is 7.92 Å². The summed E-state index contributed by atoms with van der Waals surface area (Å²) in [6.45, 7) is 4.59. The molecule has 0 spiro atoms. The summed E-state index contributed by atoms with van der Waals surface area (Å²) in [5.41, 5.74) is 0. The van der Waals surface area contributed by atoms with Crippen LogP contribution in [-0.2, 0) is 17.0 Å². The van der Waals surface area contributed by atoms with E-state index in [1.165, 1.54) is 16.1 Å². The van der Waals surface area contributed by atoms with Crippen molar-refractivity contribution in [1.29, 1.82) is 0 Å². The second kappa shape index (κ2) is 10.6. The summed E-state index contributed by atoms with van der Waals surface area (Å²) in [5, 5.41) is 4.26. The van der Waals surface area contributed by atoms with E-state index in [9.17, 15) is 0 Å². The molecule has 0 atom stereocenters. The molecule has 0 aliphatic heterocycles. The minimum atomic E-state index is -0.556. The van der Waals surface area contributed by atoms with Gasteiger partial charge in [0.05, 0.1) is 0 Å². The third-order valence-corrected chi connectivity index (χ3v) is 3.97. The Balaban J connectivity index is 0.000000208. The molecule has 0 heterocycles. The Morgan fingerprint density at radius 2 is 1.60 bits per heavy atom. The van der Waals surface area contributed by atoms with Gasteiger partial charge in [-0.25, -0.2) is 12.1 Å². The predicted octanol–water partition coefficient (Wildman–Crippen LogP) is 5.71. The summed E-state index contributed by atoms with van der Waals surface area (Å²) in [6, 6.07) is 23.2. The number of fused-ring (bicyclic) bond motifs is 1. The summed E-state index contributed by atoms with van der Waals surface area (Å²) >= 11 is -0.556. The van der Waals surface area contributed by atoms with Crippen LogP contribution in [0, 0.1) is 0 Å². The van der Waals surface area contributed by atoms with E-state index in [0.29, 0.717) is 0 Å². The van der Waals surface area contributed by atoms with Crippen molar-refractivity contribution in [3.63, 3.8) is 0 Å². The van der Waals surface area contributed by atoms with Gasteiger partial charge >= 0.3 is 35.6 Å². The zero-order valence-electron chi connectivity index (χ0n) is 11.6. The molecule has 0 fully saturated rings. The molecule has 0 aromatic heterocycles. The Morgan fingerprint density at radius 3 is 2.05 bits per heavy atom. The summed E-state index contributed by atoms with van der Waals surface area (Å²) in [5.74, 6) is 0. The van der Waals surface area contributed by atoms with E-state index < -0.39 is 17.0 Å². The number of benzene rings is 1. The summed E-state index contributed by atoms with van der Waals surface area (Å²) in [4.78, 5) is 0. The second-order valence-electron chi connectivity index (χ2n) is 4.27. The van der Waals surface area contributed by atoms with Gasteiger partial charge in [-0.05, 0) is 13.3 Å². The summed E-state index contributed by atoms with van der Waals surface area (Å²) < 4.78 is 0. The molecule has 0 aliphatic rings. The molecule has 0 saturated heterocycles. The Labute approximate surface area is 139 Å². The van der Waals surface area contributed by atoms with Crippen molar-refractivity contribution in [3.05, 3.63) is 66.7 Å². The van der Waals surface area contributed by atoms with E-state index >= 15 is 0 Å². The molecule has 0 unspecified atom stereocenters. The van der Waals surface area contributed by atoms with Gasteiger partial charge in [-0.15, -0.1) is 48.3 Å². The van der Waals surface area contributed by atoms with Crippen molar-refractivity contribution in [3.8, 4) is 0 Å². The molecule has 0 radical (unpaired) electrons. The second-order valence-corrected chi connectivity index (χ2v) is 9.15. The Kier molecular flexibility index (Phi) is 9.52. The Morgan fingerprint density at radius 1 is 1.00 bits per heavy atom. The van der Waals surface area contributed by atoms with Crippen molar-refractivity contribution in [2.24, 2.45) is 0 Å². The third kappa shape index (κ3) is 6.57. The van der Waals surface area contributed by atoms with Crippen LogP contribution in [-0.4, -0.2) is 13.3 Å². The molecule has 0 amide bonds. The molecule has 106 valence electrons. The van der Waals surface area contributed by atoms with E-state index in [2.05, 4.69) is 49.7 Å². The van der Waals surface area contributed by atoms with Crippen molar-refractivity contribution in [1.82, 2.24) is 0 Å². The van der Waals surface area contributed by atoms with E-state index in [1.807, 2.05) is 30.3 Å². The number of hydrogen-bond donors (Lipinski definition) is 0. The minimum absolute atomic E-state index is 0.0576. The van der Waals surface area contributed by atoms with Crippen LogP contribution in [0.3, 0.4) is 0 Å². The smallest absolute Gasteiger partial charge is 0.172 e. The van der Waals surface area contributed by atoms with Crippen LogP contribution < -0.4 is 5.30 Å². The van der Waals surface area contributed by atoms with Gasteiger partial charge in [-0.3, -0.25) is 0 Å². The standard InChI is InChI=1S/C11H12P.C5H5.2ClH.Ti/c1-12(2)11-7-9-5-3-4-6-10(9)8-11;1-2-4-5-3-1;;;/h3-8H,1-2H3;1-5H;2*1H;/q2*-1;;;+2/p-2. The summed E-state index contributed by atoms with van der Waals surface area (Å²) in [6.07, 6.45) is 0. The van der Waals surface area contributed by atoms with Gasteiger partial charge in [0.2, 0.25) is 0 Å². The average molecular weight is 359 g/mol. The monoisotopic (exact) mass is 358 g/mol. The molecule has 0 N–H and O–H groups in total. The summed E-state index contributed by atoms with van der Waals surface area (Å²) in [7, 11) is 9.84. The molecule has 4 heteroatoms. The van der Waals surface area contributed by atoms with Crippen LogP contribution in [0.1, 0.15) is 0 Å². The zero-order chi connectivity index (χ0) is 14.8. The van der Waals surface area contributed by atoms with Crippen molar-refractivity contribution < 1.29 is 17.0 Å². The van der Waals surface area contributed by atoms with Gasteiger partial charge < -0.3 is 0 Å². The fourth-order valence-electron chi connectivity index (χ4n) is 1.71. The first-order valence-corrected chi connectivity index (χ1v) is 12.7. The maximum absolute atomic E-state index is 4.89. The van der Waals surface area contributed by atoms with Gasteiger partial charge in [-0.1, -0.05) is 6.07 Å². The molecule has 3 aromatic carbocycles. The van der Waals surface area contributed by atoms with Gasteiger partial charge in [0.15, 0.2) is 0 Å². The van der Waals surface area contributed by atoms with Crippen molar-refractivity contribution in [2.45, 2.75) is 0 Å². The van der Waals surface area contributed by atoms with Crippen LogP contribution in [0.5, 0.6) is 0 Å². The van der Waals surface area contributed by atoms with Crippen molar-refractivity contribution in [2.75, 3.05) is 13.3 Å². The number of halogens is 2. The maximum Gasteiger partial charge on any atom is -0.172 e. The maximum atomic E-state index is 4.89. The fraction of sp³-hybridized carbons (Fsp3) is 0.125. The molecule has 3 aromatic rings. The van der Waals surface area contributed by atoms with E-state index in [1.54, 1.807) is 0 Å². The largest absolute Gasteiger partial charge is 0.214 e. The first kappa shape index (κ1) is 18.0. The van der Waals surface area contributed by atoms with E-state index in [4.69, 9.17) is 18.6 Å². The molecule has 0 nitrogen and oxygen atoms in total. The molecule has 0 aliphatic carbocycles. The van der Waals surface area contributed by atoms with Gasteiger partial charge in [0.25, 0.3) is 0 Å². The average Bonchev–Trinajstić information content (AvgIpc) is 3.12. The van der Waals surface area contributed by atoms with Crippen molar-refractivity contribution >= 4 is 42.6 Å². The van der Waals surface area contributed by atoms with Gasteiger partial charge in [0, 0.05) is 0 Å². The first-order chi connectivity index (χ1) is 9.69. The van der Waals surface area contributed by atoms with Gasteiger partial charge in [0.1, 0.15) is 0 Å². The van der Waals surface area contributed by atoms with E-state index in [0.717, 1.165) is 0 Å². The normalized spacial score (nSPS) is 9.45. The number of hydrogen-bond acceptors (Lipinski definition) is 0.